The quantitative estimate of drug-likeness (QED) is 0.274. The zero-order valence-electron chi connectivity index (χ0n) is 17.6. The van der Waals surface area contributed by atoms with E-state index in [0.717, 1.165) is 27.4 Å². The molecule has 0 saturated carbocycles. The van der Waals surface area contributed by atoms with E-state index < -0.39 is 0 Å². The second kappa shape index (κ2) is 8.90. The van der Waals surface area contributed by atoms with Crippen LogP contribution in [0, 0.1) is 12.7 Å². The molecule has 0 aliphatic carbocycles. The third kappa shape index (κ3) is 4.17. The van der Waals surface area contributed by atoms with E-state index in [1.807, 2.05) is 61.5 Å². The van der Waals surface area contributed by atoms with E-state index in [4.69, 9.17) is 23.2 Å². The van der Waals surface area contributed by atoms with Crippen molar-refractivity contribution in [2.75, 3.05) is 4.31 Å². The monoisotopic (exact) mass is 496 g/mol. The summed E-state index contributed by atoms with van der Waals surface area (Å²) in [5, 5.41) is 1.26. The predicted molar refractivity (Wildman–Crippen MR) is 134 cm³/mol. The molecular formula is C26H19Cl2FN2OS. The number of aryl methyl sites for hydroxylation is 1. The number of nitrogens with zero attached hydrogens (tertiary/aromatic N) is 2. The molecule has 0 bridgehead atoms. The summed E-state index contributed by atoms with van der Waals surface area (Å²) < 4.78 is 18.0. The van der Waals surface area contributed by atoms with E-state index in [0.29, 0.717) is 10.0 Å². The van der Waals surface area contributed by atoms with Gasteiger partial charge >= 0.3 is 0 Å². The summed E-state index contributed by atoms with van der Waals surface area (Å²) in [7, 11) is 0. The van der Waals surface area contributed by atoms with Crippen LogP contribution in [0.5, 0.6) is 0 Å². The van der Waals surface area contributed by atoms with E-state index in [2.05, 4.69) is 4.31 Å². The molecule has 3 aromatic carbocycles. The van der Waals surface area contributed by atoms with Crippen molar-refractivity contribution in [2.24, 2.45) is 0 Å². The van der Waals surface area contributed by atoms with E-state index in [-0.39, 0.29) is 23.5 Å². The molecule has 3 nitrogen and oxygen atoms in total. The van der Waals surface area contributed by atoms with Gasteiger partial charge in [0.1, 0.15) is 11.6 Å². The van der Waals surface area contributed by atoms with Gasteiger partial charge in [-0.05, 0) is 78.0 Å². The lowest BCUT2D eigenvalue weighted by molar-refractivity contribution is 0.545. The highest BCUT2D eigenvalue weighted by Crippen LogP contribution is 2.51. The second-order valence-electron chi connectivity index (χ2n) is 7.91. The first-order valence-corrected chi connectivity index (χ1v) is 11.9. The Bertz CT molecular complexity index is 1370. The average molecular weight is 497 g/mol. The first-order chi connectivity index (χ1) is 15.9. The van der Waals surface area contributed by atoms with Crippen LogP contribution in [0.25, 0.3) is 0 Å². The number of aromatic nitrogens is 1. The van der Waals surface area contributed by atoms with Crippen molar-refractivity contribution in [3.05, 3.63) is 128 Å². The maximum absolute atomic E-state index is 14.1. The number of pyridine rings is 1. The molecule has 2 atom stereocenters. The summed E-state index contributed by atoms with van der Waals surface area (Å²) in [5.41, 5.74) is 2.79. The number of hydrogen-bond donors (Lipinski definition) is 0. The number of fused-ring (bicyclic) bond motifs is 1. The molecule has 33 heavy (non-hydrogen) atoms. The van der Waals surface area contributed by atoms with Gasteiger partial charge in [0, 0.05) is 21.0 Å². The summed E-state index contributed by atoms with van der Waals surface area (Å²) in [6.07, 6.45) is 0. The van der Waals surface area contributed by atoms with Crippen LogP contribution in [0.2, 0.25) is 10.0 Å². The van der Waals surface area contributed by atoms with Gasteiger partial charge < -0.3 is 0 Å². The highest BCUT2D eigenvalue weighted by atomic mass is 35.5. The lowest BCUT2D eigenvalue weighted by Gasteiger charge is -2.29. The zero-order valence-corrected chi connectivity index (χ0v) is 19.9. The minimum atomic E-state index is -0.312. The van der Waals surface area contributed by atoms with Crippen LogP contribution >= 0.6 is 35.1 Å². The molecule has 7 heteroatoms. The molecule has 4 aromatic rings. The third-order valence-corrected chi connectivity index (χ3v) is 7.55. The molecule has 0 radical (unpaired) electrons. The van der Waals surface area contributed by atoms with Gasteiger partial charge in [0.05, 0.1) is 12.1 Å². The third-order valence-electron chi connectivity index (χ3n) is 5.79. The topological polar surface area (TPSA) is 25.2 Å². The lowest BCUT2D eigenvalue weighted by Crippen LogP contribution is -2.25. The van der Waals surface area contributed by atoms with Crippen molar-refractivity contribution < 1.29 is 4.39 Å². The zero-order chi connectivity index (χ0) is 23.1. The Morgan fingerprint density at radius 1 is 0.818 bits per heavy atom. The Morgan fingerprint density at radius 3 is 2.06 bits per heavy atom. The van der Waals surface area contributed by atoms with E-state index >= 15 is 0 Å². The average Bonchev–Trinajstić information content (AvgIpc) is 3.13. The summed E-state index contributed by atoms with van der Waals surface area (Å²) in [6, 6.07) is 24.6. The standard InChI is InChI=1S/C26H19Cl2FN2OS/c1-16-5-14-21(29)15-22(16)33-31-23-3-2-4-24(32)30(23)25(17-6-10-19(27)11-7-17)26(31)18-8-12-20(28)13-9-18/h2-15,25-26H,1H3. The van der Waals surface area contributed by atoms with Crippen molar-refractivity contribution in [3.63, 3.8) is 0 Å². The molecule has 0 saturated heterocycles. The Labute approximate surface area is 205 Å². The van der Waals surface area contributed by atoms with Crippen molar-refractivity contribution in [2.45, 2.75) is 23.9 Å². The largest absolute Gasteiger partial charge is 0.288 e. The van der Waals surface area contributed by atoms with Crippen LogP contribution < -0.4 is 9.86 Å². The molecule has 1 aromatic heterocycles. The molecule has 0 N–H and O–H groups in total. The van der Waals surface area contributed by atoms with Crippen LogP contribution in [-0.2, 0) is 0 Å². The Morgan fingerprint density at radius 2 is 1.42 bits per heavy atom. The second-order valence-corrected chi connectivity index (χ2v) is 9.80. The Hall–Kier alpha value is -2.73. The molecular weight excluding hydrogens is 478 g/mol. The van der Waals surface area contributed by atoms with E-state index in [1.54, 1.807) is 22.8 Å². The maximum Gasteiger partial charge on any atom is 0.252 e. The van der Waals surface area contributed by atoms with Gasteiger partial charge in [-0.25, -0.2) is 4.39 Å². The first kappa shape index (κ1) is 22.1. The molecule has 2 unspecified atom stereocenters. The van der Waals surface area contributed by atoms with Crippen LogP contribution in [0.3, 0.4) is 0 Å². The van der Waals surface area contributed by atoms with Gasteiger partial charge in [0.2, 0.25) is 0 Å². The smallest absolute Gasteiger partial charge is 0.252 e. The molecule has 166 valence electrons. The van der Waals surface area contributed by atoms with E-state index in [1.165, 1.54) is 24.1 Å². The van der Waals surface area contributed by atoms with Crippen LogP contribution in [0.4, 0.5) is 10.2 Å². The predicted octanol–water partition coefficient (Wildman–Crippen LogP) is 7.46. The number of hydrogen-bond acceptors (Lipinski definition) is 3. The highest BCUT2D eigenvalue weighted by molar-refractivity contribution is 8.00. The maximum atomic E-state index is 14.1. The van der Waals surface area contributed by atoms with E-state index in [9.17, 15) is 9.18 Å². The molecule has 5 rings (SSSR count). The van der Waals surface area contributed by atoms with Gasteiger partial charge in [-0.3, -0.25) is 13.7 Å². The van der Waals surface area contributed by atoms with Crippen molar-refractivity contribution in [1.29, 1.82) is 0 Å². The summed E-state index contributed by atoms with van der Waals surface area (Å²) in [4.78, 5) is 13.9. The van der Waals surface area contributed by atoms with Crippen LogP contribution in [0.15, 0.2) is 94.6 Å². The summed E-state index contributed by atoms with van der Waals surface area (Å²) in [6.45, 7) is 1.95. The van der Waals surface area contributed by atoms with Gasteiger partial charge in [-0.1, -0.05) is 59.6 Å². The fourth-order valence-corrected chi connectivity index (χ4v) is 5.65. The van der Waals surface area contributed by atoms with Gasteiger partial charge in [-0.15, -0.1) is 0 Å². The first-order valence-electron chi connectivity index (χ1n) is 10.4. The fraction of sp³-hybridized carbons (Fsp3) is 0.115. The molecule has 2 heterocycles. The number of anilines is 1. The highest BCUT2D eigenvalue weighted by Gasteiger charge is 2.41. The molecule has 0 spiro atoms. The molecule has 1 aliphatic rings. The molecule has 1 aliphatic heterocycles. The van der Waals surface area contributed by atoms with Gasteiger partial charge in [0.25, 0.3) is 5.56 Å². The lowest BCUT2D eigenvalue weighted by atomic mass is 9.94. The number of benzene rings is 3. The van der Waals surface area contributed by atoms with Crippen molar-refractivity contribution in [3.8, 4) is 0 Å². The normalized spacial score (nSPS) is 17.3. The van der Waals surface area contributed by atoms with Gasteiger partial charge in [-0.2, -0.15) is 0 Å². The minimum absolute atomic E-state index is 0.106. The Kier molecular flexibility index (Phi) is 5.95. The summed E-state index contributed by atoms with van der Waals surface area (Å²) in [5.74, 6) is 0.445. The minimum Gasteiger partial charge on any atom is -0.288 e. The Balaban J connectivity index is 1.73. The molecule has 0 fully saturated rings. The van der Waals surface area contributed by atoms with Gasteiger partial charge in [0.15, 0.2) is 0 Å². The number of halogens is 3. The van der Waals surface area contributed by atoms with Crippen molar-refractivity contribution >= 4 is 41.0 Å². The number of rotatable bonds is 4. The molecule has 0 amide bonds. The van der Waals surface area contributed by atoms with Crippen LogP contribution in [0.1, 0.15) is 28.8 Å². The summed E-state index contributed by atoms with van der Waals surface area (Å²) >= 11 is 13.8. The van der Waals surface area contributed by atoms with Crippen molar-refractivity contribution in [1.82, 2.24) is 4.57 Å². The van der Waals surface area contributed by atoms with Crippen LogP contribution in [-0.4, -0.2) is 4.57 Å². The fourth-order valence-electron chi connectivity index (χ4n) is 4.21. The SMILES string of the molecule is Cc1ccc(F)cc1SN1c2cccc(=O)n2C(c2ccc(Cl)cc2)C1c1ccc(Cl)cc1.